The molecule has 136 valence electrons. The molecule has 0 spiro atoms. The molecule has 0 bridgehead atoms. The van der Waals surface area contributed by atoms with Crippen molar-refractivity contribution in [1.29, 1.82) is 0 Å². The molecule has 0 amide bonds. The maximum Gasteiger partial charge on any atom is 0.151 e. The number of hydrogen-bond acceptors (Lipinski definition) is 7. The standard InChI is InChI=1S/C17H18ClN5O2S/c18-8-2-1-3-9(4-8)26-6-11-15(24)16(25)13(23-11)10-5-20-14-12(10)21-7-22-17(14)19/h1-5,7,11,13,15-16,20,23-25H,6H2,(H2,19,21,22)/t11-,13+,15+,16?/m1/s1. The Morgan fingerprint density at radius 1 is 1.23 bits per heavy atom. The van der Waals surface area contributed by atoms with Gasteiger partial charge in [-0.3, -0.25) is 0 Å². The van der Waals surface area contributed by atoms with E-state index in [-0.39, 0.29) is 6.04 Å². The largest absolute Gasteiger partial charge is 0.389 e. The SMILES string of the molecule is Nc1ncnc2c([C@@H]3N[C@H](CSc4cccc(Cl)c4)[C@H](O)C3O)c[nH]c12. The van der Waals surface area contributed by atoms with E-state index in [1.165, 1.54) is 6.33 Å². The van der Waals surface area contributed by atoms with E-state index in [2.05, 4.69) is 20.3 Å². The molecule has 1 saturated heterocycles. The summed E-state index contributed by atoms with van der Waals surface area (Å²) >= 11 is 7.58. The van der Waals surface area contributed by atoms with Crippen LogP contribution in [0.25, 0.3) is 11.0 Å². The van der Waals surface area contributed by atoms with Crippen LogP contribution in [-0.2, 0) is 0 Å². The number of aromatic amines is 1. The number of benzene rings is 1. The van der Waals surface area contributed by atoms with Gasteiger partial charge in [0.1, 0.15) is 17.9 Å². The van der Waals surface area contributed by atoms with Crippen LogP contribution >= 0.6 is 23.4 Å². The van der Waals surface area contributed by atoms with Gasteiger partial charge >= 0.3 is 0 Å². The van der Waals surface area contributed by atoms with Gasteiger partial charge in [0, 0.05) is 33.5 Å². The van der Waals surface area contributed by atoms with Crippen molar-refractivity contribution in [1.82, 2.24) is 20.3 Å². The molecule has 9 heteroatoms. The Bertz CT molecular complexity index is 936. The zero-order valence-electron chi connectivity index (χ0n) is 13.6. The molecule has 1 aromatic carbocycles. The van der Waals surface area contributed by atoms with Gasteiger partial charge in [0.2, 0.25) is 0 Å². The van der Waals surface area contributed by atoms with Crippen molar-refractivity contribution in [2.24, 2.45) is 0 Å². The van der Waals surface area contributed by atoms with Gasteiger partial charge in [-0.05, 0) is 18.2 Å². The van der Waals surface area contributed by atoms with Crippen LogP contribution in [0.4, 0.5) is 5.82 Å². The number of fused-ring (bicyclic) bond motifs is 1. The second-order valence-electron chi connectivity index (χ2n) is 6.23. The van der Waals surface area contributed by atoms with Crippen molar-refractivity contribution in [3.05, 3.63) is 47.4 Å². The molecule has 4 rings (SSSR count). The highest BCUT2D eigenvalue weighted by Gasteiger charge is 2.42. The van der Waals surface area contributed by atoms with Crippen molar-refractivity contribution < 1.29 is 10.2 Å². The molecule has 0 aliphatic carbocycles. The van der Waals surface area contributed by atoms with Gasteiger partial charge < -0.3 is 26.2 Å². The Labute approximate surface area is 159 Å². The maximum absolute atomic E-state index is 10.5. The molecular weight excluding hydrogens is 374 g/mol. The lowest BCUT2D eigenvalue weighted by atomic mass is 10.0. The number of nitrogens with one attached hydrogen (secondary N) is 2. The number of nitrogens with two attached hydrogens (primary N) is 1. The van der Waals surface area contributed by atoms with E-state index >= 15 is 0 Å². The van der Waals surface area contributed by atoms with E-state index in [4.69, 9.17) is 17.3 Å². The molecule has 3 aromatic rings. The Morgan fingerprint density at radius 3 is 2.88 bits per heavy atom. The highest BCUT2D eigenvalue weighted by molar-refractivity contribution is 7.99. The first-order chi connectivity index (χ1) is 12.5. The minimum atomic E-state index is -0.949. The second-order valence-corrected chi connectivity index (χ2v) is 7.76. The molecule has 2 aromatic heterocycles. The number of nitrogens with zero attached hydrogens (tertiary/aromatic N) is 2. The molecule has 6 N–H and O–H groups in total. The number of halogens is 1. The van der Waals surface area contributed by atoms with Crippen molar-refractivity contribution in [3.63, 3.8) is 0 Å². The lowest BCUT2D eigenvalue weighted by molar-refractivity contribution is 0.0308. The molecular formula is C17H18ClN5O2S. The number of hydrogen-bond donors (Lipinski definition) is 5. The predicted molar refractivity (Wildman–Crippen MR) is 102 cm³/mol. The molecule has 1 aliphatic rings. The molecule has 1 unspecified atom stereocenters. The van der Waals surface area contributed by atoms with Crippen LogP contribution in [0.2, 0.25) is 5.02 Å². The van der Waals surface area contributed by atoms with Crippen LogP contribution in [0.1, 0.15) is 11.6 Å². The maximum atomic E-state index is 10.5. The third kappa shape index (κ3) is 3.15. The Morgan fingerprint density at radius 2 is 2.08 bits per heavy atom. The third-order valence-corrected chi connectivity index (χ3v) is 5.93. The van der Waals surface area contributed by atoms with Crippen LogP contribution in [0.15, 0.2) is 41.7 Å². The minimum Gasteiger partial charge on any atom is -0.389 e. The predicted octanol–water partition coefficient (Wildman–Crippen LogP) is 1.72. The molecule has 1 fully saturated rings. The van der Waals surface area contributed by atoms with Gasteiger partial charge in [0.15, 0.2) is 5.82 Å². The summed E-state index contributed by atoms with van der Waals surface area (Å²) in [6.45, 7) is 0. The van der Waals surface area contributed by atoms with Crippen LogP contribution in [0.3, 0.4) is 0 Å². The summed E-state index contributed by atoms with van der Waals surface area (Å²) < 4.78 is 0. The Hall–Kier alpha value is -1.84. The van der Waals surface area contributed by atoms with Crippen molar-refractivity contribution in [2.45, 2.75) is 29.2 Å². The summed E-state index contributed by atoms with van der Waals surface area (Å²) in [6.07, 6.45) is 1.29. The number of anilines is 1. The van der Waals surface area contributed by atoms with E-state index in [1.54, 1.807) is 18.0 Å². The number of aliphatic hydroxyl groups is 2. The molecule has 0 saturated carbocycles. The summed E-state index contributed by atoms with van der Waals surface area (Å²) in [5.41, 5.74) is 7.88. The lowest BCUT2D eigenvalue weighted by Crippen LogP contribution is -2.35. The van der Waals surface area contributed by atoms with Gasteiger partial charge in [-0.15, -0.1) is 11.8 Å². The quantitative estimate of drug-likeness (QED) is 0.429. The van der Waals surface area contributed by atoms with Gasteiger partial charge in [0.25, 0.3) is 0 Å². The first-order valence-corrected chi connectivity index (χ1v) is 9.49. The fraction of sp³-hybridized carbons (Fsp3) is 0.294. The average Bonchev–Trinajstić information content (AvgIpc) is 3.17. The van der Waals surface area contributed by atoms with E-state index < -0.39 is 18.2 Å². The smallest absolute Gasteiger partial charge is 0.151 e. The highest BCUT2D eigenvalue weighted by atomic mass is 35.5. The molecule has 3 heterocycles. The Balaban J connectivity index is 1.53. The van der Waals surface area contributed by atoms with Crippen LogP contribution in [-0.4, -0.2) is 49.2 Å². The van der Waals surface area contributed by atoms with Gasteiger partial charge in [0.05, 0.1) is 17.7 Å². The molecule has 1 aliphatic heterocycles. The summed E-state index contributed by atoms with van der Waals surface area (Å²) in [6, 6.07) is 6.82. The first kappa shape index (κ1) is 17.6. The number of thioether (sulfide) groups is 1. The summed E-state index contributed by atoms with van der Waals surface area (Å²) in [7, 11) is 0. The van der Waals surface area contributed by atoms with Crippen LogP contribution < -0.4 is 11.1 Å². The number of aromatic nitrogens is 3. The van der Waals surface area contributed by atoms with Gasteiger partial charge in [-0.2, -0.15) is 0 Å². The Kier molecular flexibility index (Phi) is 4.76. The zero-order chi connectivity index (χ0) is 18.3. The summed E-state index contributed by atoms with van der Waals surface area (Å²) in [5, 5.41) is 25.0. The average molecular weight is 392 g/mol. The first-order valence-electron chi connectivity index (χ1n) is 8.12. The molecule has 0 radical (unpaired) electrons. The molecule has 7 nitrogen and oxygen atoms in total. The topological polar surface area (TPSA) is 120 Å². The lowest BCUT2D eigenvalue weighted by Gasteiger charge is -2.15. The van der Waals surface area contributed by atoms with Gasteiger partial charge in [-0.25, -0.2) is 9.97 Å². The monoisotopic (exact) mass is 391 g/mol. The van der Waals surface area contributed by atoms with E-state index in [0.29, 0.717) is 27.6 Å². The van der Waals surface area contributed by atoms with Gasteiger partial charge in [-0.1, -0.05) is 17.7 Å². The zero-order valence-corrected chi connectivity index (χ0v) is 15.2. The van der Waals surface area contributed by atoms with E-state index in [1.807, 2.05) is 24.3 Å². The fourth-order valence-electron chi connectivity index (χ4n) is 3.24. The normalized spacial score (nSPS) is 25.8. The van der Waals surface area contributed by atoms with E-state index in [9.17, 15) is 10.2 Å². The number of H-pyrrole nitrogens is 1. The molecule has 26 heavy (non-hydrogen) atoms. The van der Waals surface area contributed by atoms with Crippen molar-refractivity contribution >= 4 is 40.2 Å². The second kappa shape index (κ2) is 7.05. The van der Waals surface area contributed by atoms with Crippen LogP contribution in [0.5, 0.6) is 0 Å². The summed E-state index contributed by atoms with van der Waals surface area (Å²) in [4.78, 5) is 12.3. The summed E-state index contributed by atoms with van der Waals surface area (Å²) in [5.74, 6) is 0.941. The highest BCUT2D eigenvalue weighted by Crippen LogP contribution is 2.34. The molecule has 4 atom stereocenters. The number of aliphatic hydroxyl groups excluding tert-OH is 2. The number of nitrogen functional groups attached to an aromatic ring is 1. The van der Waals surface area contributed by atoms with Crippen LogP contribution in [0, 0.1) is 0 Å². The van der Waals surface area contributed by atoms with Crippen molar-refractivity contribution in [3.8, 4) is 0 Å². The third-order valence-electron chi connectivity index (χ3n) is 4.58. The number of rotatable bonds is 4. The minimum absolute atomic E-state index is 0.275. The fourth-order valence-corrected chi connectivity index (χ4v) is 4.55. The van der Waals surface area contributed by atoms with Crippen molar-refractivity contribution in [2.75, 3.05) is 11.5 Å². The van der Waals surface area contributed by atoms with E-state index in [0.717, 1.165) is 10.5 Å².